The van der Waals surface area contributed by atoms with Crippen molar-refractivity contribution >= 4 is 43.0 Å². The third-order valence-corrected chi connectivity index (χ3v) is 2.70. The van der Waals surface area contributed by atoms with Crippen LogP contribution in [-0.2, 0) is 0 Å². The van der Waals surface area contributed by atoms with Crippen molar-refractivity contribution in [1.29, 1.82) is 0 Å². The maximum absolute atomic E-state index is 3.72. The van der Waals surface area contributed by atoms with Crippen LogP contribution in [0.5, 0.6) is 0 Å². The second kappa shape index (κ2) is 41.1. The fourth-order valence-electron chi connectivity index (χ4n) is 0. The summed E-state index contributed by atoms with van der Waals surface area (Å²) in [6.07, 6.45) is 0. The van der Waals surface area contributed by atoms with Gasteiger partial charge in [-0.05, 0) is 19.7 Å². The summed E-state index contributed by atoms with van der Waals surface area (Å²) in [4.78, 5) is 0. The summed E-state index contributed by atoms with van der Waals surface area (Å²) in [6.45, 7) is 0. The molecule has 8 heteroatoms. The maximum Gasteiger partial charge on any atom is -0.0170 e. The first kappa shape index (κ1) is 34.9. The van der Waals surface area contributed by atoms with Crippen molar-refractivity contribution in [3.05, 3.63) is 0 Å². The molecule has 4 nitrogen and oxygen atoms in total. The molecule has 0 aliphatic rings. The molecule has 0 fully saturated rings. The first-order valence-corrected chi connectivity index (χ1v) is 4.79. The lowest BCUT2D eigenvalue weighted by atomic mass is 16.0. The number of hydrogen-bond donors (Lipinski definition) is 2. The van der Waals surface area contributed by atoms with Gasteiger partial charge in [-0.25, -0.2) is 0 Å². The molecule has 0 saturated carbocycles. The third-order valence-electron chi connectivity index (χ3n) is 0.0333. The van der Waals surface area contributed by atoms with Gasteiger partial charge >= 0.3 is 0 Å². The molecule has 0 atom stereocenters. The second-order valence-electron chi connectivity index (χ2n) is 0.149. The lowest BCUT2D eigenvalue weighted by Crippen LogP contribution is -0.969. The van der Waals surface area contributed by atoms with Crippen LogP contribution >= 0.6 is 43.0 Å². The van der Waals surface area contributed by atoms with Crippen LogP contribution in [0.1, 0.15) is 0 Å². The van der Waals surface area contributed by atoms with Gasteiger partial charge in [0.25, 0.3) is 0 Å². The molecule has 0 saturated heterocycles. The zero-order valence-corrected chi connectivity index (χ0v) is 7.13. The van der Waals surface area contributed by atoms with Gasteiger partial charge in [-0.3, -0.25) is 0 Å². The molecule has 0 bridgehead atoms. The Morgan fingerprint density at radius 3 is 0.750 bits per heavy atom. The molecule has 0 rings (SSSR count). The number of rotatable bonds is 1. The van der Waals surface area contributed by atoms with Crippen LogP contribution < -0.4 is 0 Å². The van der Waals surface area contributed by atoms with Gasteiger partial charge in [0.15, 0.2) is 0 Å². The molecule has 0 heterocycles. The molecule has 58 valence electrons. The summed E-state index contributed by atoms with van der Waals surface area (Å²) in [5, 5.41) is 0. The van der Waals surface area contributed by atoms with Crippen molar-refractivity contribution in [3.8, 4) is 0 Å². The largest absolute Gasteiger partial charge is 0.412 e. The lowest BCUT2D eigenvalue weighted by molar-refractivity contribution is 0.823. The maximum atomic E-state index is 3.72. The summed E-state index contributed by atoms with van der Waals surface area (Å²) in [5.74, 6) is 0. The fourth-order valence-corrected chi connectivity index (χ4v) is 0. The Bertz CT molecular complexity index is 10.0. The average Bonchev–Trinajstić information content (AvgIpc) is 1.37. The SMILES string of the molecule is O.O.O.O.SSSS. The molecular weight excluding hydrogens is 192 g/mol. The molecule has 0 unspecified atom stereocenters. The highest BCUT2D eigenvalue weighted by Gasteiger charge is 1.58. The van der Waals surface area contributed by atoms with Crippen molar-refractivity contribution in [3.63, 3.8) is 0 Å². The Morgan fingerprint density at radius 1 is 0.625 bits per heavy atom. The van der Waals surface area contributed by atoms with E-state index in [-0.39, 0.29) is 21.9 Å². The van der Waals surface area contributed by atoms with Crippen molar-refractivity contribution in [2.24, 2.45) is 0 Å². The smallest absolute Gasteiger partial charge is 0.0170 e. The van der Waals surface area contributed by atoms with E-state index in [4.69, 9.17) is 0 Å². The summed E-state index contributed by atoms with van der Waals surface area (Å²) < 4.78 is 0. The van der Waals surface area contributed by atoms with E-state index in [1.165, 1.54) is 19.7 Å². The van der Waals surface area contributed by atoms with Crippen molar-refractivity contribution in [1.82, 2.24) is 0 Å². The summed E-state index contributed by atoms with van der Waals surface area (Å²) >= 11 is 7.45. The van der Waals surface area contributed by atoms with Crippen LogP contribution in [0.2, 0.25) is 0 Å². The topological polar surface area (TPSA) is 126 Å². The standard InChI is InChI=1S/4H2O.H2S4/c;;;;1-3-4-2/h4*1H2;1-2H. The van der Waals surface area contributed by atoms with E-state index in [1.807, 2.05) is 0 Å². The molecule has 0 aromatic heterocycles. The number of thiol groups is 2. The van der Waals surface area contributed by atoms with E-state index in [0.29, 0.717) is 0 Å². The van der Waals surface area contributed by atoms with Gasteiger partial charge in [0.2, 0.25) is 0 Å². The van der Waals surface area contributed by atoms with Crippen LogP contribution in [0.25, 0.3) is 0 Å². The minimum Gasteiger partial charge on any atom is -0.412 e. The Kier molecular flexibility index (Phi) is 179. The van der Waals surface area contributed by atoms with Crippen LogP contribution in [0.3, 0.4) is 0 Å². The van der Waals surface area contributed by atoms with Crippen LogP contribution in [0.4, 0.5) is 0 Å². The zero-order chi connectivity index (χ0) is 3.41. The van der Waals surface area contributed by atoms with Crippen molar-refractivity contribution < 1.29 is 21.9 Å². The van der Waals surface area contributed by atoms with Gasteiger partial charge in [0.1, 0.15) is 0 Å². The lowest BCUT2D eigenvalue weighted by Gasteiger charge is -1.66. The molecule has 0 spiro atoms. The number of hydrogen-bond acceptors (Lipinski definition) is 4. The highest BCUT2D eigenvalue weighted by atomic mass is 33.7. The van der Waals surface area contributed by atoms with Crippen molar-refractivity contribution in [2.75, 3.05) is 0 Å². The van der Waals surface area contributed by atoms with Gasteiger partial charge in [-0.2, -0.15) is 0 Å². The first-order chi connectivity index (χ1) is 1.91. The highest BCUT2D eigenvalue weighted by Crippen LogP contribution is 2.27. The monoisotopic (exact) mass is 202 g/mol. The minimum atomic E-state index is 0. The average molecular weight is 202 g/mol. The summed E-state index contributed by atoms with van der Waals surface area (Å²) in [6, 6.07) is 0. The Morgan fingerprint density at radius 2 is 0.750 bits per heavy atom. The predicted molar refractivity (Wildman–Crippen MR) is 47.6 cm³/mol. The van der Waals surface area contributed by atoms with Gasteiger partial charge in [-0.15, -0.1) is 0 Å². The van der Waals surface area contributed by atoms with Gasteiger partial charge in [-0.1, -0.05) is 23.3 Å². The fraction of sp³-hybridized carbons (Fsp3) is 0. The van der Waals surface area contributed by atoms with Crippen LogP contribution in [0, 0.1) is 0 Å². The zero-order valence-electron chi connectivity index (χ0n) is 3.71. The molecule has 0 amide bonds. The van der Waals surface area contributed by atoms with Crippen LogP contribution in [-0.4, -0.2) is 21.9 Å². The molecule has 0 aromatic carbocycles. The van der Waals surface area contributed by atoms with E-state index in [9.17, 15) is 0 Å². The van der Waals surface area contributed by atoms with E-state index in [1.54, 1.807) is 0 Å². The Labute approximate surface area is 65.1 Å². The van der Waals surface area contributed by atoms with Crippen LogP contribution in [0.15, 0.2) is 0 Å². The third kappa shape index (κ3) is 56.2. The molecule has 0 radical (unpaired) electrons. The highest BCUT2D eigenvalue weighted by molar-refractivity contribution is 9.21. The molecule has 8 heavy (non-hydrogen) atoms. The predicted octanol–water partition coefficient (Wildman–Crippen LogP) is -1.24. The minimum absolute atomic E-state index is 0. The first-order valence-electron chi connectivity index (χ1n) is 0.532. The second-order valence-corrected chi connectivity index (χ2v) is 4.02. The summed E-state index contributed by atoms with van der Waals surface area (Å²) in [7, 11) is 2.66. The van der Waals surface area contributed by atoms with E-state index < -0.39 is 0 Å². The molecule has 0 aromatic rings. The molecule has 0 aliphatic heterocycles. The molecule has 0 aliphatic carbocycles. The van der Waals surface area contributed by atoms with Gasteiger partial charge in [0.05, 0.1) is 0 Å². The normalized spacial score (nSPS) is 3.75. The van der Waals surface area contributed by atoms with E-state index in [2.05, 4.69) is 23.3 Å². The van der Waals surface area contributed by atoms with Crippen molar-refractivity contribution in [2.45, 2.75) is 0 Å². The van der Waals surface area contributed by atoms with E-state index in [0.717, 1.165) is 0 Å². The Balaban J connectivity index is -0.00000000750. The molecular formula is H10O4S4. The van der Waals surface area contributed by atoms with E-state index >= 15 is 0 Å². The summed E-state index contributed by atoms with van der Waals surface area (Å²) in [5.41, 5.74) is 0. The quantitative estimate of drug-likeness (QED) is 0.407. The molecule has 8 N–H and O–H groups in total. The Hall–Kier alpha value is 1.24. The van der Waals surface area contributed by atoms with Gasteiger partial charge in [0, 0.05) is 0 Å². The van der Waals surface area contributed by atoms with Gasteiger partial charge < -0.3 is 21.9 Å².